The van der Waals surface area contributed by atoms with E-state index in [2.05, 4.69) is 15.9 Å². The van der Waals surface area contributed by atoms with Gasteiger partial charge in [-0.15, -0.1) is 0 Å². The maximum Gasteiger partial charge on any atom is 0.290 e. The SMILES string of the molecule is O=S1(=O)C[C@H](Br)[C@@H](S(F)(F)(F)(F)F)C1. The fourth-order valence-electron chi connectivity index (χ4n) is 1.18. The molecule has 0 spiro atoms. The molecule has 88 valence electrons. The highest BCUT2D eigenvalue weighted by Crippen LogP contribution is 3.01. The third-order valence-corrected chi connectivity index (χ3v) is 7.13. The predicted molar refractivity (Wildman–Crippen MR) is 48.3 cm³/mol. The Kier molecular flexibility index (Phi) is 2.14. The van der Waals surface area contributed by atoms with Crippen LogP contribution in [0, 0.1) is 0 Å². The molecule has 14 heavy (non-hydrogen) atoms. The molecule has 1 aliphatic rings. The first-order chi connectivity index (χ1) is 5.71. The number of hydrogen-bond donors (Lipinski definition) is 0. The summed E-state index contributed by atoms with van der Waals surface area (Å²) in [6.07, 6.45) is 0. The first-order valence-electron chi connectivity index (χ1n) is 3.29. The zero-order chi connectivity index (χ0) is 11.5. The molecule has 1 fully saturated rings. The summed E-state index contributed by atoms with van der Waals surface area (Å²) >= 11 is 2.34. The summed E-state index contributed by atoms with van der Waals surface area (Å²) in [7, 11) is -13.7. The van der Waals surface area contributed by atoms with Gasteiger partial charge in [-0.1, -0.05) is 35.4 Å². The highest BCUT2D eigenvalue weighted by molar-refractivity contribution is 9.09. The molecule has 1 saturated heterocycles. The van der Waals surface area contributed by atoms with E-state index in [1.165, 1.54) is 0 Å². The first-order valence-corrected chi connectivity index (χ1v) is 8.04. The number of rotatable bonds is 1. The topological polar surface area (TPSA) is 34.1 Å². The minimum absolute atomic E-state index is 0.900. The molecule has 0 saturated carbocycles. The molecule has 1 rings (SSSR count). The molecule has 1 heterocycles. The monoisotopic (exact) mass is 324 g/mol. The quantitative estimate of drug-likeness (QED) is 0.549. The lowest BCUT2D eigenvalue weighted by Gasteiger charge is -2.46. The smallest absolute Gasteiger partial charge is 0.229 e. The average molecular weight is 325 g/mol. The Labute approximate surface area is 85.6 Å². The molecule has 0 N–H and O–H groups in total. The van der Waals surface area contributed by atoms with Gasteiger partial charge in [0.25, 0.3) is 10.2 Å². The lowest BCUT2D eigenvalue weighted by Crippen LogP contribution is -2.32. The Morgan fingerprint density at radius 1 is 1.07 bits per heavy atom. The fraction of sp³-hybridized carbons (Fsp3) is 1.00. The Morgan fingerprint density at radius 3 is 1.64 bits per heavy atom. The van der Waals surface area contributed by atoms with E-state index in [0.29, 0.717) is 0 Å². The van der Waals surface area contributed by atoms with Gasteiger partial charge in [-0.25, -0.2) is 8.42 Å². The van der Waals surface area contributed by atoms with Gasteiger partial charge in [0.2, 0.25) is 0 Å². The van der Waals surface area contributed by atoms with Crippen molar-refractivity contribution in [1.82, 2.24) is 0 Å². The van der Waals surface area contributed by atoms with Gasteiger partial charge in [0.1, 0.15) is 5.25 Å². The van der Waals surface area contributed by atoms with Crippen molar-refractivity contribution >= 4 is 36.0 Å². The van der Waals surface area contributed by atoms with Crippen LogP contribution in [0.15, 0.2) is 0 Å². The Bertz CT molecular complexity index is 358. The molecule has 0 aromatic rings. The van der Waals surface area contributed by atoms with Crippen LogP contribution in [0.2, 0.25) is 0 Å². The lowest BCUT2D eigenvalue weighted by molar-refractivity contribution is 0.348. The van der Waals surface area contributed by atoms with Gasteiger partial charge in [-0.05, 0) is 0 Å². The van der Waals surface area contributed by atoms with E-state index < -0.39 is 41.6 Å². The van der Waals surface area contributed by atoms with E-state index in [0.717, 1.165) is 0 Å². The van der Waals surface area contributed by atoms with Crippen LogP contribution in [0.4, 0.5) is 19.4 Å². The molecule has 0 amide bonds. The molecule has 1 aliphatic heterocycles. The van der Waals surface area contributed by atoms with Crippen LogP contribution in [0.5, 0.6) is 0 Å². The zero-order valence-corrected chi connectivity index (χ0v) is 9.69. The Hall–Kier alpha value is 0.430. The van der Waals surface area contributed by atoms with E-state index in [9.17, 15) is 27.8 Å². The van der Waals surface area contributed by atoms with Crippen molar-refractivity contribution < 1.29 is 27.8 Å². The van der Waals surface area contributed by atoms with E-state index >= 15 is 0 Å². The summed E-state index contributed by atoms with van der Waals surface area (Å²) in [4.78, 5) is -1.75. The Balaban J connectivity index is 3.18. The minimum atomic E-state index is -9.70. The van der Waals surface area contributed by atoms with Crippen LogP contribution in [0.1, 0.15) is 0 Å². The number of sulfone groups is 1. The van der Waals surface area contributed by atoms with Gasteiger partial charge in [-0.3, -0.25) is 0 Å². The van der Waals surface area contributed by atoms with Gasteiger partial charge in [0, 0.05) is 0 Å². The van der Waals surface area contributed by atoms with Crippen molar-refractivity contribution in [2.75, 3.05) is 11.5 Å². The standard InChI is InChI=1S/C4H6BrF5O2S2/c5-3-1-13(11,12)2-4(3)14(6,7,8,9)10/h3-4H,1-2H2/t3-,4-/m0/s1. The lowest BCUT2D eigenvalue weighted by atomic mass is 10.4. The number of hydrogen-bond acceptors (Lipinski definition) is 2. The maximum atomic E-state index is 12.2. The third kappa shape index (κ3) is 2.72. The molecule has 0 aliphatic carbocycles. The van der Waals surface area contributed by atoms with Crippen molar-refractivity contribution in [3.63, 3.8) is 0 Å². The van der Waals surface area contributed by atoms with E-state index in [4.69, 9.17) is 0 Å². The normalized spacial score (nSPS) is 37.6. The molecule has 2 atom stereocenters. The summed E-state index contributed by atoms with van der Waals surface area (Å²) in [6.45, 7) is 0. The second-order valence-corrected chi connectivity index (χ2v) is 9.15. The molecular formula is C4H6BrF5O2S2. The molecule has 0 radical (unpaired) electrons. The van der Waals surface area contributed by atoms with Crippen molar-refractivity contribution in [1.29, 1.82) is 0 Å². The molecule has 0 aromatic heterocycles. The van der Waals surface area contributed by atoms with Gasteiger partial charge in [0.05, 0.1) is 16.3 Å². The highest BCUT2D eigenvalue weighted by Gasteiger charge is 2.74. The molecule has 10 heteroatoms. The van der Waals surface area contributed by atoms with Gasteiger partial charge >= 0.3 is 0 Å². The van der Waals surface area contributed by atoms with Crippen molar-refractivity contribution in [2.24, 2.45) is 0 Å². The molecule has 0 unspecified atom stereocenters. The summed E-state index contributed by atoms with van der Waals surface area (Å²) in [5.74, 6) is -2.43. The first kappa shape index (κ1) is 12.5. The highest BCUT2D eigenvalue weighted by atomic mass is 79.9. The summed E-state index contributed by atoms with van der Waals surface area (Å²) in [5.41, 5.74) is 0. The van der Waals surface area contributed by atoms with Crippen molar-refractivity contribution in [3.05, 3.63) is 0 Å². The second kappa shape index (κ2) is 2.40. The number of halogens is 6. The maximum absolute atomic E-state index is 12.2. The van der Waals surface area contributed by atoms with E-state index in [1.807, 2.05) is 0 Å². The van der Waals surface area contributed by atoms with Crippen molar-refractivity contribution in [2.45, 2.75) is 10.1 Å². The summed E-state index contributed by atoms with van der Waals surface area (Å²) < 4.78 is 82.6. The van der Waals surface area contributed by atoms with Crippen molar-refractivity contribution in [3.8, 4) is 0 Å². The average Bonchev–Trinajstić information content (AvgIpc) is 1.99. The van der Waals surface area contributed by atoms with E-state index in [-0.39, 0.29) is 0 Å². The Morgan fingerprint density at radius 2 is 1.50 bits per heavy atom. The van der Waals surface area contributed by atoms with Gasteiger partial charge < -0.3 is 0 Å². The summed E-state index contributed by atoms with van der Waals surface area (Å²) in [5, 5.41) is -3.07. The minimum Gasteiger partial charge on any atom is -0.229 e. The van der Waals surface area contributed by atoms with Crippen LogP contribution in [0.25, 0.3) is 0 Å². The molecule has 0 bridgehead atoms. The third-order valence-electron chi connectivity index (χ3n) is 1.81. The zero-order valence-electron chi connectivity index (χ0n) is 6.47. The van der Waals surface area contributed by atoms with Gasteiger partial charge in [0.15, 0.2) is 9.84 Å². The second-order valence-electron chi connectivity index (χ2n) is 3.16. The van der Waals surface area contributed by atoms with Crippen LogP contribution in [-0.2, 0) is 9.84 Å². The van der Waals surface area contributed by atoms with Crippen LogP contribution >= 0.6 is 26.2 Å². The van der Waals surface area contributed by atoms with Crippen LogP contribution in [0.3, 0.4) is 0 Å². The number of alkyl halides is 1. The van der Waals surface area contributed by atoms with E-state index in [1.54, 1.807) is 0 Å². The fourth-order valence-corrected chi connectivity index (χ4v) is 8.06. The molecule has 2 nitrogen and oxygen atoms in total. The van der Waals surface area contributed by atoms with Gasteiger partial charge in [-0.2, -0.15) is 0 Å². The molecular weight excluding hydrogens is 319 g/mol. The van der Waals surface area contributed by atoms with Crippen LogP contribution < -0.4 is 0 Å². The predicted octanol–water partition coefficient (Wildman–Crippen LogP) is 2.85. The van der Waals surface area contributed by atoms with Crippen LogP contribution in [-0.4, -0.2) is 30.0 Å². The largest absolute Gasteiger partial charge is 0.290 e. The molecule has 0 aromatic carbocycles. The summed E-state index contributed by atoms with van der Waals surface area (Å²) in [6, 6.07) is 0.